The Morgan fingerprint density at radius 3 is 2.14 bits per heavy atom. The lowest BCUT2D eigenvalue weighted by atomic mass is 10.2. The summed E-state index contributed by atoms with van der Waals surface area (Å²) < 4.78 is 2.03. The summed E-state index contributed by atoms with van der Waals surface area (Å²) in [6, 6.07) is 26.5. The van der Waals surface area contributed by atoms with Gasteiger partial charge >= 0.3 is 0 Å². The van der Waals surface area contributed by atoms with Crippen LogP contribution in [0, 0.1) is 10.1 Å². The molecule has 0 aliphatic rings. The van der Waals surface area contributed by atoms with E-state index in [1.165, 1.54) is 12.1 Å². The van der Waals surface area contributed by atoms with Gasteiger partial charge in [0.15, 0.2) is 11.0 Å². The Morgan fingerprint density at radius 1 is 0.857 bits per heavy atom. The molecular formula is C21H16N4O2S. The van der Waals surface area contributed by atoms with E-state index in [9.17, 15) is 10.1 Å². The average molecular weight is 388 g/mol. The quantitative estimate of drug-likeness (QED) is 0.260. The summed E-state index contributed by atoms with van der Waals surface area (Å²) in [6.45, 7) is 0. The summed E-state index contributed by atoms with van der Waals surface area (Å²) >= 11 is 1.54. The second-order valence-electron chi connectivity index (χ2n) is 6.06. The highest BCUT2D eigenvalue weighted by molar-refractivity contribution is 7.98. The number of non-ortho nitro benzene ring substituents is 1. The number of hydrogen-bond donors (Lipinski definition) is 0. The van der Waals surface area contributed by atoms with Crippen molar-refractivity contribution in [3.05, 3.63) is 101 Å². The maximum atomic E-state index is 10.8. The van der Waals surface area contributed by atoms with Gasteiger partial charge in [-0.3, -0.25) is 14.7 Å². The first-order valence-electron chi connectivity index (χ1n) is 8.65. The molecule has 0 fully saturated rings. The van der Waals surface area contributed by atoms with Crippen LogP contribution in [0.1, 0.15) is 5.56 Å². The Hall–Kier alpha value is -3.45. The highest BCUT2D eigenvalue weighted by Gasteiger charge is 2.16. The standard InChI is InChI=1S/C21H16N4O2S/c26-25(27)19-13-11-16(12-14-19)15-28-21-23-22-20(17-7-3-1-4-8-17)24(21)18-9-5-2-6-10-18/h1-14H,15H2. The number of hydrogen-bond acceptors (Lipinski definition) is 5. The monoisotopic (exact) mass is 388 g/mol. The van der Waals surface area contributed by atoms with Crippen LogP contribution in [0.2, 0.25) is 0 Å². The van der Waals surface area contributed by atoms with Gasteiger partial charge in [-0.2, -0.15) is 0 Å². The van der Waals surface area contributed by atoms with Crippen molar-refractivity contribution < 1.29 is 4.92 Å². The molecule has 0 saturated carbocycles. The zero-order valence-electron chi connectivity index (χ0n) is 14.8. The van der Waals surface area contributed by atoms with E-state index in [1.807, 2.05) is 65.2 Å². The summed E-state index contributed by atoms with van der Waals surface area (Å²) in [5.74, 6) is 1.41. The van der Waals surface area contributed by atoms with E-state index in [-0.39, 0.29) is 5.69 Å². The molecule has 0 radical (unpaired) electrons. The lowest BCUT2D eigenvalue weighted by molar-refractivity contribution is -0.384. The molecule has 0 N–H and O–H groups in total. The van der Waals surface area contributed by atoms with Gasteiger partial charge in [0.2, 0.25) is 0 Å². The molecule has 28 heavy (non-hydrogen) atoms. The molecule has 3 aromatic carbocycles. The smallest absolute Gasteiger partial charge is 0.269 e. The molecule has 4 aromatic rings. The van der Waals surface area contributed by atoms with Crippen LogP contribution in [0.25, 0.3) is 17.1 Å². The van der Waals surface area contributed by atoms with Gasteiger partial charge in [0.25, 0.3) is 5.69 Å². The minimum absolute atomic E-state index is 0.0903. The Labute approximate surface area is 166 Å². The van der Waals surface area contributed by atoms with Crippen LogP contribution in [-0.2, 0) is 5.75 Å². The van der Waals surface area contributed by atoms with Crippen molar-refractivity contribution in [3.63, 3.8) is 0 Å². The first-order chi connectivity index (χ1) is 13.7. The third-order valence-corrected chi connectivity index (χ3v) is 5.19. The normalized spacial score (nSPS) is 10.7. The molecule has 6 nitrogen and oxygen atoms in total. The number of nitro benzene ring substituents is 1. The fourth-order valence-electron chi connectivity index (χ4n) is 2.81. The van der Waals surface area contributed by atoms with Crippen molar-refractivity contribution in [2.75, 3.05) is 0 Å². The third kappa shape index (κ3) is 3.79. The molecular weight excluding hydrogens is 372 g/mol. The summed E-state index contributed by atoms with van der Waals surface area (Å²) in [4.78, 5) is 10.4. The van der Waals surface area contributed by atoms with E-state index >= 15 is 0 Å². The van der Waals surface area contributed by atoms with Crippen LogP contribution in [-0.4, -0.2) is 19.7 Å². The molecule has 138 valence electrons. The van der Waals surface area contributed by atoms with E-state index in [4.69, 9.17) is 0 Å². The summed E-state index contributed by atoms with van der Waals surface area (Å²) in [5, 5.41) is 20.4. The van der Waals surface area contributed by atoms with Gasteiger partial charge in [0, 0.05) is 29.1 Å². The maximum absolute atomic E-state index is 10.8. The lowest BCUT2D eigenvalue weighted by Gasteiger charge is -2.10. The first kappa shape index (κ1) is 17.9. The summed E-state index contributed by atoms with van der Waals surface area (Å²) in [5.41, 5.74) is 3.05. The van der Waals surface area contributed by atoms with Gasteiger partial charge in [0.1, 0.15) is 0 Å². The van der Waals surface area contributed by atoms with Crippen LogP contribution in [0.5, 0.6) is 0 Å². The van der Waals surface area contributed by atoms with E-state index in [0.29, 0.717) is 5.75 Å². The zero-order valence-corrected chi connectivity index (χ0v) is 15.6. The molecule has 0 saturated heterocycles. The molecule has 1 heterocycles. The van der Waals surface area contributed by atoms with Gasteiger partial charge in [-0.15, -0.1) is 10.2 Å². The molecule has 0 bridgehead atoms. The molecule has 0 unspecified atom stereocenters. The zero-order chi connectivity index (χ0) is 19.3. The number of thioether (sulfide) groups is 1. The molecule has 0 atom stereocenters. The number of nitro groups is 1. The average Bonchev–Trinajstić information content (AvgIpc) is 3.18. The Kier molecular flexibility index (Phi) is 5.16. The Balaban J connectivity index is 1.65. The number of nitrogens with zero attached hydrogens (tertiary/aromatic N) is 4. The van der Waals surface area contributed by atoms with E-state index < -0.39 is 4.92 Å². The van der Waals surface area contributed by atoms with E-state index in [1.54, 1.807) is 23.9 Å². The molecule has 1 aromatic heterocycles. The summed E-state index contributed by atoms with van der Waals surface area (Å²) in [7, 11) is 0. The highest BCUT2D eigenvalue weighted by atomic mass is 32.2. The molecule has 0 amide bonds. The SMILES string of the molecule is O=[N+]([O-])c1ccc(CSc2nnc(-c3ccccc3)n2-c2ccccc2)cc1. The number of aromatic nitrogens is 3. The number of para-hydroxylation sites is 1. The van der Waals surface area contributed by atoms with Crippen LogP contribution in [0.15, 0.2) is 90.1 Å². The predicted octanol–water partition coefficient (Wildman–Crippen LogP) is 5.13. The fourth-order valence-corrected chi connectivity index (χ4v) is 3.72. The van der Waals surface area contributed by atoms with Crippen LogP contribution in [0.3, 0.4) is 0 Å². The van der Waals surface area contributed by atoms with Gasteiger partial charge < -0.3 is 0 Å². The minimum atomic E-state index is -0.394. The second-order valence-corrected chi connectivity index (χ2v) is 7.00. The van der Waals surface area contributed by atoms with Crippen LogP contribution in [0.4, 0.5) is 5.69 Å². The van der Waals surface area contributed by atoms with Gasteiger partial charge in [0.05, 0.1) is 4.92 Å². The summed E-state index contributed by atoms with van der Waals surface area (Å²) in [6.07, 6.45) is 0. The maximum Gasteiger partial charge on any atom is 0.269 e. The third-order valence-electron chi connectivity index (χ3n) is 4.19. The molecule has 4 rings (SSSR count). The van der Waals surface area contributed by atoms with Crippen molar-refractivity contribution in [2.45, 2.75) is 10.9 Å². The lowest BCUT2D eigenvalue weighted by Crippen LogP contribution is -1.99. The second kappa shape index (κ2) is 8.06. The number of rotatable bonds is 6. The predicted molar refractivity (Wildman–Crippen MR) is 109 cm³/mol. The topological polar surface area (TPSA) is 73.8 Å². The van der Waals surface area contributed by atoms with Crippen molar-refractivity contribution in [3.8, 4) is 17.1 Å². The molecule has 0 aliphatic carbocycles. The van der Waals surface area contributed by atoms with Crippen molar-refractivity contribution >= 4 is 17.4 Å². The van der Waals surface area contributed by atoms with Crippen molar-refractivity contribution in [1.29, 1.82) is 0 Å². The molecule has 0 aliphatic heterocycles. The first-order valence-corrected chi connectivity index (χ1v) is 9.63. The van der Waals surface area contributed by atoms with Crippen molar-refractivity contribution in [1.82, 2.24) is 14.8 Å². The number of benzene rings is 3. The van der Waals surface area contributed by atoms with Gasteiger partial charge in [-0.05, 0) is 17.7 Å². The molecule has 0 spiro atoms. The Bertz CT molecular complexity index is 1080. The Morgan fingerprint density at radius 2 is 1.50 bits per heavy atom. The largest absolute Gasteiger partial charge is 0.270 e. The van der Waals surface area contributed by atoms with Crippen LogP contribution >= 0.6 is 11.8 Å². The highest BCUT2D eigenvalue weighted by Crippen LogP contribution is 2.29. The van der Waals surface area contributed by atoms with Crippen LogP contribution < -0.4 is 0 Å². The molecule has 7 heteroatoms. The van der Waals surface area contributed by atoms with Gasteiger partial charge in [-0.1, -0.05) is 72.4 Å². The van der Waals surface area contributed by atoms with Crippen molar-refractivity contribution in [2.24, 2.45) is 0 Å². The van der Waals surface area contributed by atoms with Gasteiger partial charge in [-0.25, -0.2) is 0 Å². The minimum Gasteiger partial charge on any atom is -0.270 e. The van der Waals surface area contributed by atoms with E-state index in [2.05, 4.69) is 10.2 Å². The fraction of sp³-hybridized carbons (Fsp3) is 0.0476. The van der Waals surface area contributed by atoms with E-state index in [0.717, 1.165) is 27.8 Å².